The van der Waals surface area contributed by atoms with Crippen LogP contribution in [-0.2, 0) is 14.3 Å². The number of hydrogen-bond acceptors (Lipinski definition) is 8. The van der Waals surface area contributed by atoms with E-state index in [-0.39, 0.29) is 10.1 Å². The molecular weight excluding hydrogens is 406 g/mol. The topological polar surface area (TPSA) is 106 Å². The highest BCUT2D eigenvalue weighted by Gasteiger charge is 2.25. The minimum Gasteiger partial charge on any atom is -0.466 e. The second kappa shape index (κ2) is 9.66. The summed E-state index contributed by atoms with van der Waals surface area (Å²) in [5.41, 5.74) is 2.07. The van der Waals surface area contributed by atoms with Gasteiger partial charge in [-0.2, -0.15) is 5.10 Å². The van der Waals surface area contributed by atoms with Crippen molar-refractivity contribution in [1.29, 1.82) is 0 Å². The highest BCUT2D eigenvalue weighted by atomic mass is 32.2. The molecular formula is C21H17N3O5S. The van der Waals surface area contributed by atoms with Crippen molar-refractivity contribution in [3.8, 4) is 5.75 Å². The van der Waals surface area contributed by atoms with Crippen LogP contribution in [0.25, 0.3) is 0 Å². The van der Waals surface area contributed by atoms with Crippen LogP contribution in [0.2, 0.25) is 0 Å². The van der Waals surface area contributed by atoms with Crippen molar-refractivity contribution in [2.24, 2.45) is 10.2 Å². The van der Waals surface area contributed by atoms with E-state index in [1.165, 1.54) is 13.3 Å². The SMILES string of the molecule is COC(=O)/C=C1/S/C(=N\N=Cc2cccc(OC(=O)c3cccc(C)c3)c2)NC1=O. The molecule has 1 amide bonds. The van der Waals surface area contributed by atoms with Gasteiger partial charge in [0.2, 0.25) is 0 Å². The molecule has 0 aromatic heterocycles. The van der Waals surface area contributed by atoms with E-state index >= 15 is 0 Å². The minimum absolute atomic E-state index is 0.167. The maximum Gasteiger partial charge on any atom is 0.343 e. The number of benzene rings is 2. The van der Waals surface area contributed by atoms with Crippen LogP contribution in [0.3, 0.4) is 0 Å². The molecule has 0 bridgehead atoms. The van der Waals surface area contributed by atoms with Gasteiger partial charge in [0, 0.05) is 6.08 Å². The first-order valence-electron chi connectivity index (χ1n) is 8.73. The summed E-state index contributed by atoms with van der Waals surface area (Å²) in [6, 6.07) is 13.9. The minimum atomic E-state index is -0.630. The third-order valence-electron chi connectivity index (χ3n) is 3.78. The van der Waals surface area contributed by atoms with Gasteiger partial charge in [-0.1, -0.05) is 29.8 Å². The molecule has 2 aromatic carbocycles. The van der Waals surface area contributed by atoms with Crippen LogP contribution in [0.15, 0.2) is 69.7 Å². The summed E-state index contributed by atoms with van der Waals surface area (Å²) in [5, 5.41) is 10.6. The fraction of sp³-hybridized carbons (Fsp3) is 0.0952. The lowest BCUT2D eigenvalue weighted by Crippen LogP contribution is -2.19. The van der Waals surface area contributed by atoms with Gasteiger partial charge in [-0.05, 0) is 48.5 Å². The number of hydrogen-bond donors (Lipinski definition) is 1. The molecule has 3 rings (SSSR count). The van der Waals surface area contributed by atoms with Gasteiger partial charge in [0.15, 0.2) is 5.17 Å². The zero-order valence-electron chi connectivity index (χ0n) is 16.1. The first-order chi connectivity index (χ1) is 14.4. The predicted molar refractivity (Wildman–Crippen MR) is 113 cm³/mol. The van der Waals surface area contributed by atoms with Crippen molar-refractivity contribution < 1.29 is 23.9 Å². The molecule has 1 N–H and O–H groups in total. The lowest BCUT2D eigenvalue weighted by Gasteiger charge is -2.05. The largest absolute Gasteiger partial charge is 0.466 e. The summed E-state index contributed by atoms with van der Waals surface area (Å²) in [7, 11) is 1.22. The molecule has 0 spiro atoms. The van der Waals surface area contributed by atoms with Crippen molar-refractivity contribution in [2.45, 2.75) is 6.92 Å². The fourth-order valence-electron chi connectivity index (χ4n) is 2.39. The van der Waals surface area contributed by atoms with E-state index in [1.54, 1.807) is 42.5 Å². The molecule has 30 heavy (non-hydrogen) atoms. The number of amides is 1. The summed E-state index contributed by atoms with van der Waals surface area (Å²) in [4.78, 5) is 35.4. The molecule has 8 nitrogen and oxygen atoms in total. The molecule has 1 fully saturated rings. The van der Waals surface area contributed by atoms with Gasteiger partial charge < -0.3 is 9.47 Å². The van der Waals surface area contributed by atoms with E-state index in [9.17, 15) is 14.4 Å². The molecule has 1 saturated heterocycles. The Balaban J connectivity index is 1.65. The molecule has 1 aliphatic heterocycles. The standard InChI is InChI=1S/C21H17N3O5S/c1-13-5-3-7-15(9-13)20(27)29-16-8-4-6-14(10-16)12-22-24-21-23-19(26)17(30-21)11-18(25)28-2/h3-12H,1-2H3,(H,23,24,26)/b17-11+,22-12?. The van der Waals surface area contributed by atoms with Gasteiger partial charge in [-0.3, -0.25) is 10.1 Å². The molecule has 9 heteroatoms. The molecule has 1 heterocycles. The summed E-state index contributed by atoms with van der Waals surface area (Å²) < 4.78 is 9.90. The fourth-order valence-corrected chi connectivity index (χ4v) is 3.12. The van der Waals surface area contributed by atoms with Gasteiger partial charge in [0.1, 0.15) is 5.75 Å². The number of thioether (sulfide) groups is 1. The van der Waals surface area contributed by atoms with Crippen LogP contribution in [0, 0.1) is 6.92 Å². The number of aryl methyl sites for hydroxylation is 1. The van der Waals surface area contributed by atoms with Crippen LogP contribution in [0.1, 0.15) is 21.5 Å². The second-order valence-electron chi connectivity index (χ2n) is 6.07. The number of esters is 2. The number of ether oxygens (including phenoxy) is 2. The van der Waals surface area contributed by atoms with E-state index in [0.29, 0.717) is 16.9 Å². The van der Waals surface area contributed by atoms with E-state index in [4.69, 9.17) is 4.74 Å². The van der Waals surface area contributed by atoms with Crippen LogP contribution < -0.4 is 10.1 Å². The van der Waals surface area contributed by atoms with Crippen LogP contribution in [0.4, 0.5) is 0 Å². The summed E-state index contributed by atoms with van der Waals surface area (Å²) >= 11 is 0.974. The highest BCUT2D eigenvalue weighted by molar-refractivity contribution is 8.18. The lowest BCUT2D eigenvalue weighted by molar-refractivity contribution is -0.135. The summed E-state index contributed by atoms with van der Waals surface area (Å²) in [6.45, 7) is 1.90. The van der Waals surface area contributed by atoms with Crippen LogP contribution in [-0.4, -0.2) is 36.3 Å². The normalized spacial score (nSPS) is 16.1. The molecule has 0 radical (unpaired) electrons. The Kier molecular flexibility index (Phi) is 6.76. The number of carbonyl (C=O) groups excluding carboxylic acids is 3. The summed E-state index contributed by atoms with van der Waals surface area (Å²) in [5.74, 6) is -1.17. The van der Waals surface area contributed by atoms with Crippen molar-refractivity contribution in [3.05, 3.63) is 76.2 Å². The Labute approximate surface area is 176 Å². The molecule has 0 aliphatic carbocycles. The van der Waals surface area contributed by atoms with Crippen molar-refractivity contribution in [3.63, 3.8) is 0 Å². The number of rotatable bonds is 5. The van der Waals surface area contributed by atoms with Crippen LogP contribution >= 0.6 is 11.8 Å². The number of methoxy groups -OCH3 is 1. The van der Waals surface area contributed by atoms with Crippen molar-refractivity contribution in [1.82, 2.24) is 5.32 Å². The maximum atomic E-state index is 12.3. The Morgan fingerprint density at radius 3 is 2.70 bits per heavy atom. The van der Waals surface area contributed by atoms with Gasteiger partial charge >= 0.3 is 11.9 Å². The average molecular weight is 423 g/mol. The van der Waals surface area contributed by atoms with Gasteiger partial charge in [-0.25, -0.2) is 9.59 Å². The first-order valence-corrected chi connectivity index (χ1v) is 9.55. The Bertz CT molecular complexity index is 1090. The third-order valence-corrected chi connectivity index (χ3v) is 4.68. The van der Waals surface area contributed by atoms with Gasteiger partial charge in [-0.15, -0.1) is 5.10 Å². The molecule has 0 saturated carbocycles. The van der Waals surface area contributed by atoms with Crippen LogP contribution in [0.5, 0.6) is 5.75 Å². The monoisotopic (exact) mass is 423 g/mol. The molecule has 0 atom stereocenters. The van der Waals surface area contributed by atoms with E-state index in [0.717, 1.165) is 23.4 Å². The number of nitrogens with one attached hydrogen (secondary N) is 1. The molecule has 0 unspecified atom stereocenters. The number of nitrogens with zero attached hydrogens (tertiary/aromatic N) is 2. The van der Waals surface area contributed by atoms with Gasteiger partial charge in [0.05, 0.1) is 23.8 Å². The Hall–Kier alpha value is -3.72. The molecule has 2 aromatic rings. The Morgan fingerprint density at radius 2 is 1.93 bits per heavy atom. The quantitative estimate of drug-likeness (QED) is 0.261. The second-order valence-corrected chi connectivity index (χ2v) is 7.10. The number of carbonyl (C=O) groups is 3. The van der Waals surface area contributed by atoms with E-state index < -0.39 is 17.8 Å². The van der Waals surface area contributed by atoms with Crippen molar-refractivity contribution >= 4 is 41.0 Å². The average Bonchev–Trinajstić information content (AvgIpc) is 3.07. The lowest BCUT2D eigenvalue weighted by atomic mass is 10.1. The highest BCUT2D eigenvalue weighted by Crippen LogP contribution is 2.23. The van der Waals surface area contributed by atoms with Gasteiger partial charge in [0.25, 0.3) is 5.91 Å². The van der Waals surface area contributed by atoms with Crippen molar-refractivity contribution in [2.75, 3.05) is 7.11 Å². The van der Waals surface area contributed by atoms with E-state index in [2.05, 4.69) is 20.3 Å². The molecule has 152 valence electrons. The van der Waals surface area contributed by atoms with E-state index in [1.807, 2.05) is 13.0 Å². The predicted octanol–water partition coefficient (Wildman–Crippen LogP) is 2.82. The molecule has 1 aliphatic rings. The Morgan fingerprint density at radius 1 is 1.13 bits per heavy atom. The summed E-state index contributed by atoms with van der Waals surface area (Å²) in [6.07, 6.45) is 2.53. The number of amidine groups is 1. The zero-order valence-corrected chi connectivity index (χ0v) is 16.9. The third kappa shape index (κ3) is 5.65. The zero-order chi connectivity index (χ0) is 21.5. The maximum absolute atomic E-state index is 12.3. The first kappa shape index (κ1) is 21.0. The smallest absolute Gasteiger partial charge is 0.343 e.